The lowest BCUT2D eigenvalue weighted by Gasteiger charge is -2.28. The van der Waals surface area contributed by atoms with Crippen molar-refractivity contribution in [1.29, 1.82) is 0 Å². The lowest BCUT2D eigenvalue weighted by atomic mass is 9.95. The molecule has 0 radical (unpaired) electrons. The van der Waals surface area contributed by atoms with Crippen molar-refractivity contribution < 1.29 is 38.1 Å². The number of carbonyl (C=O) groups is 3. The van der Waals surface area contributed by atoms with Gasteiger partial charge >= 0.3 is 12.0 Å². The van der Waals surface area contributed by atoms with E-state index in [4.69, 9.17) is 23.7 Å². The highest BCUT2D eigenvalue weighted by Crippen LogP contribution is 2.34. The average Bonchev–Trinajstić information content (AvgIpc) is 2.95. The lowest BCUT2D eigenvalue weighted by molar-refractivity contribution is -0.139. The van der Waals surface area contributed by atoms with Crippen LogP contribution in [0.4, 0.5) is 4.79 Å². The van der Waals surface area contributed by atoms with E-state index in [2.05, 4.69) is 21.2 Å². The summed E-state index contributed by atoms with van der Waals surface area (Å²) in [5, 5.41) is 9.32. The van der Waals surface area contributed by atoms with Crippen LogP contribution in [0.15, 0.2) is 52.8 Å². The van der Waals surface area contributed by atoms with Crippen LogP contribution < -0.4 is 35.0 Å². The molecule has 3 N–H and O–H groups in total. The first-order valence-corrected chi connectivity index (χ1v) is 13.3. The molecule has 0 spiro atoms. The summed E-state index contributed by atoms with van der Waals surface area (Å²) in [6, 6.07) is 9.05. The highest BCUT2D eigenvalue weighted by atomic mass is 16.5. The van der Waals surface area contributed by atoms with Gasteiger partial charge in [0.15, 0.2) is 29.6 Å². The SMILES string of the molecule is CCCOc1ccc(/C=N\NC(=O)COc2ccc([C@@H]3NC(=O)NC(C)=C3C(=O)OCC)cc2OC)cc1OCC. The summed E-state index contributed by atoms with van der Waals surface area (Å²) in [5.74, 6) is 0.801. The van der Waals surface area contributed by atoms with Crippen molar-refractivity contribution in [2.24, 2.45) is 5.10 Å². The molecule has 2 aromatic carbocycles. The Kier molecular flexibility index (Phi) is 11.4. The maximum absolute atomic E-state index is 12.6. The van der Waals surface area contributed by atoms with E-state index in [0.717, 1.165) is 6.42 Å². The van der Waals surface area contributed by atoms with E-state index >= 15 is 0 Å². The zero-order valence-corrected chi connectivity index (χ0v) is 23.9. The molecule has 0 aliphatic carbocycles. The van der Waals surface area contributed by atoms with Crippen molar-refractivity contribution in [3.8, 4) is 23.0 Å². The second kappa shape index (κ2) is 15.2. The second-order valence-corrected chi connectivity index (χ2v) is 8.77. The molecule has 3 rings (SSSR count). The van der Waals surface area contributed by atoms with Crippen molar-refractivity contribution in [2.75, 3.05) is 33.5 Å². The number of esters is 1. The lowest BCUT2D eigenvalue weighted by Crippen LogP contribution is -2.45. The number of hydrazone groups is 1. The van der Waals surface area contributed by atoms with Crippen LogP contribution in [0.3, 0.4) is 0 Å². The number of urea groups is 1. The van der Waals surface area contributed by atoms with Crippen molar-refractivity contribution in [2.45, 2.75) is 40.2 Å². The van der Waals surface area contributed by atoms with Gasteiger partial charge in [0.1, 0.15) is 0 Å². The summed E-state index contributed by atoms with van der Waals surface area (Å²) < 4.78 is 27.6. The molecule has 0 saturated heterocycles. The number of ether oxygens (including phenoxy) is 5. The van der Waals surface area contributed by atoms with E-state index in [1.165, 1.54) is 13.3 Å². The first kappa shape index (κ1) is 30.8. The number of methoxy groups -OCH3 is 1. The molecule has 220 valence electrons. The molecule has 1 aliphatic heterocycles. The third kappa shape index (κ3) is 8.37. The number of hydrogen-bond acceptors (Lipinski definition) is 9. The highest BCUT2D eigenvalue weighted by Gasteiger charge is 2.32. The molecule has 0 bridgehead atoms. The van der Waals surface area contributed by atoms with Crippen molar-refractivity contribution in [1.82, 2.24) is 16.1 Å². The summed E-state index contributed by atoms with van der Waals surface area (Å²) >= 11 is 0. The number of rotatable bonds is 14. The first-order chi connectivity index (χ1) is 19.8. The van der Waals surface area contributed by atoms with E-state index in [1.54, 1.807) is 50.2 Å². The van der Waals surface area contributed by atoms with E-state index < -0.39 is 23.9 Å². The van der Waals surface area contributed by atoms with Crippen LogP contribution in [-0.4, -0.2) is 57.7 Å². The van der Waals surface area contributed by atoms with Gasteiger partial charge < -0.3 is 34.3 Å². The second-order valence-electron chi connectivity index (χ2n) is 8.77. The predicted octanol–water partition coefficient (Wildman–Crippen LogP) is 3.60. The van der Waals surface area contributed by atoms with Crippen LogP contribution in [0, 0.1) is 0 Å². The summed E-state index contributed by atoms with van der Waals surface area (Å²) in [6.45, 7) is 8.16. The molecule has 0 unspecified atom stereocenters. The predicted molar refractivity (Wildman–Crippen MR) is 151 cm³/mol. The first-order valence-electron chi connectivity index (χ1n) is 13.3. The van der Waals surface area contributed by atoms with Crippen LogP contribution >= 0.6 is 0 Å². The van der Waals surface area contributed by atoms with Gasteiger partial charge in [-0.2, -0.15) is 5.10 Å². The van der Waals surface area contributed by atoms with Crippen LogP contribution in [-0.2, 0) is 14.3 Å². The molecule has 12 nitrogen and oxygen atoms in total. The van der Waals surface area contributed by atoms with Gasteiger partial charge in [-0.15, -0.1) is 0 Å². The summed E-state index contributed by atoms with van der Waals surface area (Å²) in [5.41, 5.74) is 4.37. The molecular weight excluding hydrogens is 532 g/mol. The van der Waals surface area contributed by atoms with Gasteiger partial charge in [0.25, 0.3) is 5.91 Å². The number of amides is 3. The number of benzene rings is 2. The topological polar surface area (TPSA) is 146 Å². The fourth-order valence-electron chi connectivity index (χ4n) is 3.97. The Balaban J connectivity index is 1.65. The number of nitrogens with zero attached hydrogens (tertiary/aromatic N) is 1. The minimum atomic E-state index is -0.765. The fourth-order valence-corrected chi connectivity index (χ4v) is 3.97. The van der Waals surface area contributed by atoms with E-state index in [0.29, 0.717) is 47.3 Å². The zero-order chi connectivity index (χ0) is 29.8. The van der Waals surface area contributed by atoms with Gasteiger partial charge in [-0.3, -0.25) is 4.79 Å². The summed E-state index contributed by atoms with van der Waals surface area (Å²) in [7, 11) is 1.44. The Bertz CT molecular complexity index is 1310. The Morgan fingerprint density at radius 1 is 0.976 bits per heavy atom. The van der Waals surface area contributed by atoms with Crippen LogP contribution in [0.2, 0.25) is 0 Å². The maximum Gasteiger partial charge on any atom is 0.338 e. The van der Waals surface area contributed by atoms with Crippen molar-refractivity contribution >= 4 is 24.1 Å². The van der Waals surface area contributed by atoms with Gasteiger partial charge in [0.05, 0.1) is 44.8 Å². The van der Waals surface area contributed by atoms with Gasteiger partial charge in [0.2, 0.25) is 0 Å². The van der Waals surface area contributed by atoms with E-state index in [-0.39, 0.29) is 24.5 Å². The number of hydrogen-bond donors (Lipinski definition) is 3. The molecule has 41 heavy (non-hydrogen) atoms. The van der Waals surface area contributed by atoms with Crippen LogP contribution in [0.1, 0.15) is 51.3 Å². The standard InChI is InChI=1S/C29H36N4O8/c1-6-13-40-22-11-9-19(14-24(22)38-7-2)16-30-33-25(34)17-41-21-12-10-20(15-23(21)37-5)27-26(28(35)39-8-3)18(4)31-29(36)32-27/h9-12,14-16,27H,6-8,13,17H2,1-5H3,(H,33,34)(H2,31,32,36)/b30-16-/t27-/m0/s1. The van der Waals surface area contributed by atoms with Gasteiger partial charge in [-0.25, -0.2) is 15.0 Å². The third-order valence-corrected chi connectivity index (χ3v) is 5.78. The van der Waals surface area contributed by atoms with Gasteiger partial charge in [-0.05, 0) is 68.7 Å². The zero-order valence-electron chi connectivity index (χ0n) is 23.9. The third-order valence-electron chi connectivity index (χ3n) is 5.78. The minimum absolute atomic E-state index is 0.188. The van der Waals surface area contributed by atoms with Crippen LogP contribution in [0.25, 0.3) is 0 Å². The molecule has 0 fully saturated rings. The molecule has 12 heteroatoms. The quantitative estimate of drug-likeness (QED) is 0.178. The molecule has 3 amide bonds. The van der Waals surface area contributed by atoms with Crippen molar-refractivity contribution in [3.63, 3.8) is 0 Å². The molecule has 2 aromatic rings. The average molecular weight is 569 g/mol. The summed E-state index contributed by atoms with van der Waals surface area (Å²) in [6.07, 6.45) is 2.37. The minimum Gasteiger partial charge on any atom is -0.493 e. The van der Waals surface area contributed by atoms with Crippen LogP contribution in [0.5, 0.6) is 23.0 Å². The van der Waals surface area contributed by atoms with Gasteiger partial charge in [0, 0.05) is 5.70 Å². The fraction of sp³-hybridized carbons (Fsp3) is 0.379. The Labute approximate surface area is 239 Å². The Hall–Kier alpha value is -4.74. The summed E-state index contributed by atoms with van der Waals surface area (Å²) in [4.78, 5) is 37.1. The van der Waals surface area contributed by atoms with E-state index in [9.17, 15) is 14.4 Å². The van der Waals surface area contributed by atoms with E-state index in [1.807, 2.05) is 13.8 Å². The smallest absolute Gasteiger partial charge is 0.338 e. The number of carbonyl (C=O) groups excluding carboxylic acids is 3. The van der Waals surface area contributed by atoms with Crippen molar-refractivity contribution in [3.05, 3.63) is 58.8 Å². The molecule has 1 atom stereocenters. The normalized spacial score (nSPS) is 14.7. The molecular formula is C29H36N4O8. The largest absolute Gasteiger partial charge is 0.493 e. The number of allylic oxidation sites excluding steroid dienone is 1. The monoisotopic (exact) mass is 568 g/mol. The number of nitrogens with one attached hydrogen (secondary N) is 3. The maximum atomic E-state index is 12.6. The molecule has 1 heterocycles. The Morgan fingerprint density at radius 3 is 2.44 bits per heavy atom. The highest BCUT2D eigenvalue weighted by molar-refractivity contribution is 5.95. The Morgan fingerprint density at radius 2 is 1.73 bits per heavy atom. The molecule has 0 saturated carbocycles. The van der Waals surface area contributed by atoms with Gasteiger partial charge in [-0.1, -0.05) is 13.0 Å². The molecule has 0 aromatic heterocycles. The molecule has 1 aliphatic rings.